The Morgan fingerprint density at radius 1 is 0.879 bits per heavy atom. The van der Waals surface area contributed by atoms with Crippen LogP contribution in [0.3, 0.4) is 0 Å². The maximum Gasteiger partial charge on any atom is 0.254 e. The number of carbonyl (C=O) groups is 2. The number of ether oxygens (including phenoxy) is 1. The van der Waals surface area contributed by atoms with Crippen LogP contribution in [-0.2, 0) is 4.79 Å². The second kappa shape index (κ2) is 10.3. The third-order valence-corrected chi connectivity index (χ3v) is 5.85. The fraction of sp³-hybridized carbons (Fsp3) is 0.192. The fourth-order valence-corrected chi connectivity index (χ4v) is 3.97. The number of carbonyl (C=O) groups excluding carboxylic acids is 2. The number of hydrogen-bond donors (Lipinski definition) is 0. The smallest absolute Gasteiger partial charge is 0.254 e. The Labute approximate surface area is 198 Å². The van der Waals surface area contributed by atoms with Crippen molar-refractivity contribution in [3.8, 4) is 5.75 Å². The molecule has 0 unspecified atom stereocenters. The standard InChI is InChI=1S/C26H24ClN3O3/c1-33-23-7-5-19(6-8-23)24(21-3-2-4-22(27)17-21)18-25(31)29-13-15-30(16-14-29)26(32)20-9-11-28-12-10-20/h2-12,17-18H,13-16H2,1H3/b24-18-. The van der Waals surface area contributed by atoms with E-state index < -0.39 is 0 Å². The van der Waals surface area contributed by atoms with Crippen LogP contribution < -0.4 is 4.74 Å². The zero-order valence-corrected chi connectivity index (χ0v) is 19.0. The van der Waals surface area contributed by atoms with Gasteiger partial charge in [-0.3, -0.25) is 14.6 Å². The zero-order valence-electron chi connectivity index (χ0n) is 18.3. The lowest BCUT2D eigenvalue weighted by Gasteiger charge is -2.34. The van der Waals surface area contributed by atoms with Crippen molar-refractivity contribution in [2.75, 3.05) is 33.3 Å². The van der Waals surface area contributed by atoms with Gasteiger partial charge in [-0.05, 0) is 53.1 Å². The van der Waals surface area contributed by atoms with Crippen molar-refractivity contribution in [2.24, 2.45) is 0 Å². The highest BCUT2D eigenvalue weighted by Crippen LogP contribution is 2.27. The zero-order chi connectivity index (χ0) is 23.2. The van der Waals surface area contributed by atoms with Gasteiger partial charge in [0.15, 0.2) is 0 Å². The fourth-order valence-electron chi connectivity index (χ4n) is 3.78. The Balaban J connectivity index is 1.52. The number of aromatic nitrogens is 1. The number of hydrogen-bond acceptors (Lipinski definition) is 4. The van der Waals surface area contributed by atoms with E-state index in [0.717, 1.165) is 22.4 Å². The van der Waals surface area contributed by atoms with Crippen molar-refractivity contribution >= 4 is 29.0 Å². The molecule has 7 heteroatoms. The average Bonchev–Trinajstić information content (AvgIpc) is 2.87. The third kappa shape index (κ3) is 5.41. The van der Waals surface area contributed by atoms with Gasteiger partial charge in [0.25, 0.3) is 5.91 Å². The van der Waals surface area contributed by atoms with Gasteiger partial charge in [-0.15, -0.1) is 0 Å². The number of rotatable bonds is 5. The minimum atomic E-state index is -0.100. The second-order valence-electron chi connectivity index (χ2n) is 7.65. The van der Waals surface area contributed by atoms with Gasteiger partial charge in [0, 0.05) is 55.2 Å². The summed E-state index contributed by atoms with van der Waals surface area (Å²) in [6.07, 6.45) is 4.86. The summed E-state index contributed by atoms with van der Waals surface area (Å²) >= 11 is 6.22. The molecule has 1 fully saturated rings. The number of piperazine rings is 1. The Morgan fingerprint density at radius 3 is 2.18 bits per heavy atom. The number of halogens is 1. The van der Waals surface area contributed by atoms with Crippen molar-refractivity contribution < 1.29 is 14.3 Å². The van der Waals surface area contributed by atoms with E-state index >= 15 is 0 Å². The summed E-state index contributed by atoms with van der Waals surface area (Å²) in [5.74, 6) is 0.597. The molecule has 2 amide bonds. The molecule has 1 saturated heterocycles. The summed E-state index contributed by atoms with van der Waals surface area (Å²) < 4.78 is 5.26. The number of pyridine rings is 1. The molecular weight excluding hydrogens is 438 g/mol. The molecule has 1 aliphatic heterocycles. The largest absolute Gasteiger partial charge is 0.497 e. The first-order valence-electron chi connectivity index (χ1n) is 10.7. The van der Waals surface area contributed by atoms with Crippen LogP contribution in [-0.4, -0.2) is 59.9 Å². The Hall–Kier alpha value is -3.64. The van der Waals surface area contributed by atoms with E-state index in [9.17, 15) is 9.59 Å². The van der Waals surface area contributed by atoms with E-state index in [1.54, 1.807) is 53.6 Å². The summed E-state index contributed by atoms with van der Waals surface area (Å²) in [6, 6.07) is 18.4. The molecule has 0 spiro atoms. The average molecular weight is 462 g/mol. The first kappa shape index (κ1) is 22.6. The Bertz CT molecular complexity index is 1150. The van der Waals surface area contributed by atoms with Gasteiger partial charge in [-0.1, -0.05) is 35.9 Å². The van der Waals surface area contributed by atoms with Crippen molar-refractivity contribution in [1.82, 2.24) is 14.8 Å². The lowest BCUT2D eigenvalue weighted by molar-refractivity contribution is -0.127. The van der Waals surface area contributed by atoms with Crippen molar-refractivity contribution in [3.63, 3.8) is 0 Å². The van der Waals surface area contributed by atoms with Gasteiger partial charge < -0.3 is 14.5 Å². The van der Waals surface area contributed by atoms with Crippen LogP contribution in [0.1, 0.15) is 21.5 Å². The molecule has 168 valence electrons. The highest BCUT2D eigenvalue weighted by molar-refractivity contribution is 6.30. The maximum atomic E-state index is 13.2. The van der Waals surface area contributed by atoms with E-state index in [1.165, 1.54) is 0 Å². The molecule has 0 aliphatic carbocycles. The van der Waals surface area contributed by atoms with Gasteiger partial charge in [-0.25, -0.2) is 0 Å². The molecule has 2 heterocycles. The Kier molecular flexibility index (Phi) is 7.05. The predicted octanol–water partition coefficient (Wildman–Crippen LogP) is 4.16. The summed E-state index contributed by atoms with van der Waals surface area (Å²) in [4.78, 5) is 33.3. The van der Waals surface area contributed by atoms with Crippen molar-refractivity contribution in [3.05, 3.63) is 101 Å². The van der Waals surface area contributed by atoms with Gasteiger partial charge in [0.1, 0.15) is 5.75 Å². The lowest BCUT2D eigenvalue weighted by Crippen LogP contribution is -2.50. The highest BCUT2D eigenvalue weighted by atomic mass is 35.5. The van der Waals surface area contributed by atoms with E-state index in [0.29, 0.717) is 36.8 Å². The van der Waals surface area contributed by atoms with Crippen LogP contribution in [0.2, 0.25) is 5.02 Å². The molecule has 0 saturated carbocycles. The minimum absolute atomic E-state index is 0.0436. The molecule has 0 radical (unpaired) electrons. The monoisotopic (exact) mass is 461 g/mol. The molecule has 4 rings (SSSR count). The molecule has 3 aromatic rings. The van der Waals surface area contributed by atoms with Crippen LogP contribution in [0.25, 0.3) is 5.57 Å². The third-order valence-electron chi connectivity index (χ3n) is 5.61. The van der Waals surface area contributed by atoms with Gasteiger partial charge in [-0.2, -0.15) is 0 Å². The van der Waals surface area contributed by atoms with Crippen LogP contribution in [0.5, 0.6) is 5.75 Å². The van der Waals surface area contributed by atoms with E-state index in [4.69, 9.17) is 16.3 Å². The van der Waals surface area contributed by atoms with Crippen molar-refractivity contribution in [1.29, 1.82) is 0 Å². The van der Waals surface area contributed by atoms with Gasteiger partial charge >= 0.3 is 0 Å². The lowest BCUT2D eigenvalue weighted by atomic mass is 9.97. The molecule has 0 N–H and O–H groups in total. The minimum Gasteiger partial charge on any atom is -0.497 e. The molecule has 1 aliphatic rings. The molecular formula is C26H24ClN3O3. The van der Waals surface area contributed by atoms with Crippen LogP contribution in [0.15, 0.2) is 79.1 Å². The first-order chi connectivity index (χ1) is 16.0. The van der Waals surface area contributed by atoms with Crippen molar-refractivity contribution in [2.45, 2.75) is 0 Å². The van der Waals surface area contributed by atoms with Crippen LogP contribution >= 0.6 is 11.6 Å². The quantitative estimate of drug-likeness (QED) is 0.535. The van der Waals surface area contributed by atoms with Gasteiger partial charge in [0.2, 0.25) is 5.91 Å². The predicted molar refractivity (Wildman–Crippen MR) is 128 cm³/mol. The van der Waals surface area contributed by atoms with E-state index in [2.05, 4.69) is 4.98 Å². The number of benzene rings is 2. The molecule has 6 nitrogen and oxygen atoms in total. The van der Waals surface area contributed by atoms with E-state index in [1.807, 2.05) is 42.5 Å². The summed E-state index contributed by atoms with van der Waals surface area (Å²) in [5.41, 5.74) is 3.12. The maximum absolute atomic E-state index is 13.2. The highest BCUT2D eigenvalue weighted by Gasteiger charge is 2.24. The molecule has 2 aromatic carbocycles. The molecule has 0 bridgehead atoms. The number of methoxy groups -OCH3 is 1. The molecule has 33 heavy (non-hydrogen) atoms. The number of nitrogens with zero attached hydrogens (tertiary/aromatic N) is 3. The van der Waals surface area contributed by atoms with Crippen LogP contribution in [0, 0.1) is 0 Å². The first-order valence-corrected chi connectivity index (χ1v) is 11.0. The second-order valence-corrected chi connectivity index (χ2v) is 8.09. The molecule has 1 aromatic heterocycles. The summed E-state index contributed by atoms with van der Waals surface area (Å²) in [7, 11) is 1.62. The van der Waals surface area contributed by atoms with Crippen LogP contribution in [0.4, 0.5) is 0 Å². The van der Waals surface area contributed by atoms with Gasteiger partial charge in [0.05, 0.1) is 7.11 Å². The topological polar surface area (TPSA) is 62.7 Å². The van der Waals surface area contributed by atoms with E-state index in [-0.39, 0.29) is 11.8 Å². The molecule has 0 atom stereocenters. The SMILES string of the molecule is COc1ccc(/C(=C/C(=O)N2CCN(C(=O)c3ccncc3)CC2)c2cccc(Cl)c2)cc1. The normalized spacial score (nSPS) is 14.2. The summed E-state index contributed by atoms with van der Waals surface area (Å²) in [5, 5.41) is 0.600. The summed E-state index contributed by atoms with van der Waals surface area (Å²) in [6.45, 7) is 1.90. The number of amides is 2. The Morgan fingerprint density at radius 2 is 1.55 bits per heavy atom.